The Morgan fingerprint density at radius 1 is 1.00 bits per heavy atom. The lowest BCUT2D eigenvalue weighted by atomic mass is 9.83. The Balaban J connectivity index is 1.50. The van der Waals surface area contributed by atoms with E-state index in [1.165, 1.54) is 6.20 Å². The first kappa shape index (κ1) is 25.7. The highest BCUT2D eigenvalue weighted by Crippen LogP contribution is 2.44. The van der Waals surface area contributed by atoms with Crippen LogP contribution in [-0.4, -0.2) is 10.9 Å². The van der Waals surface area contributed by atoms with Gasteiger partial charge in [0.1, 0.15) is 17.2 Å². The Kier molecular flexibility index (Phi) is 6.40. The van der Waals surface area contributed by atoms with E-state index in [4.69, 9.17) is 9.15 Å². The molecular formula is C33H22FN3O4. The molecule has 200 valence electrons. The van der Waals surface area contributed by atoms with Crippen LogP contribution in [0.3, 0.4) is 0 Å². The number of fused-ring (bicyclic) bond motifs is 3. The van der Waals surface area contributed by atoms with Crippen molar-refractivity contribution >= 4 is 16.9 Å². The molecule has 7 nitrogen and oxygen atoms in total. The van der Waals surface area contributed by atoms with Crippen LogP contribution < -0.4 is 15.7 Å². The van der Waals surface area contributed by atoms with E-state index in [9.17, 15) is 19.2 Å². The van der Waals surface area contributed by atoms with E-state index >= 15 is 0 Å². The molecular weight excluding hydrogens is 521 g/mol. The fraction of sp³-hybridized carbons (Fsp3) is 0.0909. The molecule has 6 rings (SSSR count). The zero-order chi connectivity index (χ0) is 28.7. The predicted molar refractivity (Wildman–Crippen MR) is 151 cm³/mol. The Morgan fingerprint density at radius 2 is 1.73 bits per heavy atom. The molecule has 8 heteroatoms. The monoisotopic (exact) mass is 543 g/mol. The zero-order valence-corrected chi connectivity index (χ0v) is 22.1. The van der Waals surface area contributed by atoms with E-state index in [0.29, 0.717) is 27.7 Å². The van der Waals surface area contributed by atoms with Gasteiger partial charge in [-0.15, -0.1) is 0 Å². The maximum absolute atomic E-state index is 13.7. The number of halogens is 1. The highest BCUT2D eigenvalue weighted by Gasteiger charge is 2.37. The van der Waals surface area contributed by atoms with E-state index in [2.05, 4.69) is 16.4 Å². The molecule has 0 aliphatic carbocycles. The van der Waals surface area contributed by atoms with Crippen molar-refractivity contribution in [1.29, 1.82) is 5.26 Å². The third-order valence-electron chi connectivity index (χ3n) is 7.08. The van der Waals surface area contributed by atoms with Crippen LogP contribution >= 0.6 is 0 Å². The molecule has 1 aliphatic heterocycles. The second kappa shape index (κ2) is 10.2. The summed E-state index contributed by atoms with van der Waals surface area (Å²) in [4.78, 5) is 30.3. The van der Waals surface area contributed by atoms with Crippen molar-refractivity contribution < 1.29 is 18.3 Å². The average Bonchev–Trinajstić information content (AvgIpc) is 2.98. The molecule has 1 atom stereocenters. The van der Waals surface area contributed by atoms with Gasteiger partial charge in [0.25, 0.3) is 5.91 Å². The molecule has 1 amide bonds. The minimum atomic E-state index is -0.889. The highest BCUT2D eigenvalue weighted by molar-refractivity contribution is 5.95. The smallest absolute Gasteiger partial charge is 0.344 e. The maximum atomic E-state index is 13.7. The summed E-state index contributed by atoms with van der Waals surface area (Å²) in [7, 11) is 0. The minimum absolute atomic E-state index is 0.0487. The topological polar surface area (TPSA) is 105 Å². The molecule has 0 fully saturated rings. The molecule has 5 aromatic rings. The number of nitrogens with zero attached hydrogens (tertiary/aromatic N) is 2. The minimum Gasteiger partial charge on any atom is -0.438 e. The number of para-hydroxylation sites is 1. The summed E-state index contributed by atoms with van der Waals surface area (Å²) < 4.78 is 25.5. The number of amides is 1. The van der Waals surface area contributed by atoms with Gasteiger partial charge in [-0.2, -0.15) is 9.65 Å². The number of pyridine rings is 1. The van der Waals surface area contributed by atoms with E-state index in [0.717, 1.165) is 16.7 Å². The third-order valence-corrected chi connectivity index (χ3v) is 7.08. The zero-order valence-electron chi connectivity index (χ0n) is 22.1. The van der Waals surface area contributed by atoms with Gasteiger partial charge in [-0.25, -0.2) is 9.78 Å². The normalized spacial score (nSPS) is 14.2. The summed E-state index contributed by atoms with van der Waals surface area (Å²) in [5.74, 6) is -1.74. The number of hydrogen-bond donors (Lipinski definition) is 1. The fourth-order valence-electron chi connectivity index (χ4n) is 4.93. The number of nitrogens with one attached hydrogen (secondary N) is 1. The molecule has 0 saturated heterocycles. The van der Waals surface area contributed by atoms with Crippen LogP contribution in [0.25, 0.3) is 22.1 Å². The molecule has 0 saturated carbocycles. The van der Waals surface area contributed by atoms with Gasteiger partial charge in [0.15, 0.2) is 5.75 Å². The van der Waals surface area contributed by atoms with Crippen molar-refractivity contribution in [2.24, 2.45) is 0 Å². The van der Waals surface area contributed by atoms with E-state index in [1.807, 2.05) is 19.1 Å². The van der Waals surface area contributed by atoms with Crippen molar-refractivity contribution in [2.75, 3.05) is 0 Å². The third kappa shape index (κ3) is 4.64. The number of aromatic nitrogens is 1. The first-order valence-corrected chi connectivity index (χ1v) is 12.8. The molecule has 3 aromatic carbocycles. The van der Waals surface area contributed by atoms with Crippen molar-refractivity contribution in [3.8, 4) is 22.9 Å². The van der Waals surface area contributed by atoms with Crippen molar-refractivity contribution in [3.63, 3.8) is 0 Å². The van der Waals surface area contributed by atoms with Gasteiger partial charge >= 0.3 is 5.63 Å². The van der Waals surface area contributed by atoms with Gasteiger partial charge in [0, 0.05) is 22.9 Å². The molecule has 41 heavy (non-hydrogen) atoms. The number of carbonyl (C=O) groups is 1. The molecule has 2 aromatic heterocycles. The predicted octanol–water partition coefficient (Wildman–Crippen LogP) is 6.30. The number of ether oxygens (including phenoxy) is 1. The van der Waals surface area contributed by atoms with Gasteiger partial charge in [-0.1, -0.05) is 54.1 Å². The lowest BCUT2D eigenvalue weighted by Crippen LogP contribution is -2.33. The molecule has 0 bridgehead atoms. The second-order valence-electron chi connectivity index (χ2n) is 9.79. The summed E-state index contributed by atoms with van der Waals surface area (Å²) in [5, 5.41) is 13.6. The standard InChI is InChI=1S/C33H22FN3O4/c1-18-7-9-22(10-8-18)31(38)37-32-25(16-35)27(28-29(41-32)24-5-3-4-6-26(24)40-33(28)39)21-13-11-20(12-14-21)23-15-19(2)30(34)36-17-23/h3-15,17,27H,1-2H3,(H,37,38). The van der Waals surface area contributed by atoms with Gasteiger partial charge in [-0.3, -0.25) is 10.1 Å². The number of aryl methyl sites for hydroxylation is 2. The summed E-state index contributed by atoms with van der Waals surface area (Å²) in [6.45, 7) is 3.55. The fourth-order valence-corrected chi connectivity index (χ4v) is 4.93. The lowest BCUT2D eigenvalue weighted by molar-refractivity contribution is 0.0948. The van der Waals surface area contributed by atoms with Crippen LogP contribution in [0.1, 0.15) is 38.5 Å². The van der Waals surface area contributed by atoms with Crippen molar-refractivity contribution in [3.05, 3.63) is 141 Å². The first-order chi connectivity index (χ1) is 19.8. The first-order valence-electron chi connectivity index (χ1n) is 12.8. The van der Waals surface area contributed by atoms with Gasteiger partial charge in [0.05, 0.1) is 16.9 Å². The molecule has 1 N–H and O–H groups in total. The van der Waals surface area contributed by atoms with Crippen LogP contribution in [-0.2, 0) is 0 Å². The maximum Gasteiger partial charge on any atom is 0.344 e. The van der Waals surface area contributed by atoms with Crippen LogP contribution in [0.4, 0.5) is 4.39 Å². The lowest BCUT2D eigenvalue weighted by Gasteiger charge is -2.28. The number of allylic oxidation sites excluding steroid dienone is 1. The summed E-state index contributed by atoms with van der Waals surface area (Å²) >= 11 is 0. The number of carbonyl (C=O) groups excluding carboxylic acids is 1. The molecule has 0 radical (unpaired) electrons. The Labute approximate surface area is 234 Å². The Morgan fingerprint density at radius 3 is 2.44 bits per heavy atom. The molecule has 0 spiro atoms. The molecule has 3 heterocycles. The number of benzene rings is 3. The van der Waals surface area contributed by atoms with Crippen molar-refractivity contribution in [2.45, 2.75) is 19.8 Å². The van der Waals surface area contributed by atoms with Gasteiger partial charge in [-0.05, 0) is 55.3 Å². The van der Waals surface area contributed by atoms with E-state index < -0.39 is 23.4 Å². The van der Waals surface area contributed by atoms with E-state index in [1.54, 1.807) is 73.7 Å². The average molecular weight is 544 g/mol. The summed E-state index contributed by atoms with van der Waals surface area (Å²) in [6, 6.07) is 24.9. The quantitative estimate of drug-likeness (QED) is 0.211. The van der Waals surface area contributed by atoms with Crippen LogP contribution in [0.15, 0.2) is 106 Å². The van der Waals surface area contributed by atoms with Crippen LogP contribution in [0, 0.1) is 31.1 Å². The number of hydrogen-bond acceptors (Lipinski definition) is 6. The SMILES string of the molecule is Cc1ccc(C(=O)NC2=C(C#N)C(c3ccc(-c4cnc(F)c(C)c4)cc3)c3c(c4ccccc4oc3=O)O2)cc1. The second-order valence-corrected chi connectivity index (χ2v) is 9.79. The number of rotatable bonds is 4. The van der Waals surface area contributed by atoms with E-state index in [-0.39, 0.29) is 22.8 Å². The van der Waals surface area contributed by atoms with Gasteiger partial charge in [0.2, 0.25) is 11.8 Å². The van der Waals surface area contributed by atoms with Crippen molar-refractivity contribution in [1.82, 2.24) is 10.3 Å². The molecule has 1 unspecified atom stereocenters. The summed E-state index contributed by atoms with van der Waals surface area (Å²) in [5.41, 5.74) is 3.76. The highest BCUT2D eigenvalue weighted by atomic mass is 19.1. The summed E-state index contributed by atoms with van der Waals surface area (Å²) in [6.07, 6.45) is 1.45. The Bertz CT molecular complexity index is 1970. The molecule has 1 aliphatic rings. The van der Waals surface area contributed by atoms with Crippen LogP contribution in [0.5, 0.6) is 5.75 Å². The van der Waals surface area contributed by atoms with Crippen LogP contribution in [0.2, 0.25) is 0 Å². The Hall–Kier alpha value is -5.55. The largest absolute Gasteiger partial charge is 0.438 e. The number of nitriles is 1. The van der Waals surface area contributed by atoms with Gasteiger partial charge < -0.3 is 9.15 Å².